The Hall–Kier alpha value is -2.62. The first-order valence-electron chi connectivity index (χ1n) is 7.31. The van der Waals surface area contributed by atoms with E-state index in [1.165, 1.54) is 31.6 Å². The normalized spacial score (nSPS) is 13.8. The van der Waals surface area contributed by atoms with Crippen molar-refractivity contribution < 1.29 is 18.0 Å². The molecular weight excluding hydrogens is 375 g/mol. The van der Waals surface area contributed by atoms with Crippen LogP contribution in [0.4, 0.5) is 24.7 Å². The Morgan fingerprint density at radius 3 is 2.62 bits per heavy atom. The third-order valence-electron chi connectivity index (χ3n) is 3.64. The largest absolute Gasteiger partial charge is 0.393 e. The first-order chi connectivity index (χ1) is 12.1. The molecule has 26 heavy (non-hydrogen) atoms. The van der Waals surface area contributed by atoms with Gasteiger partial charge in [-0.05, 0) is 26.0 Å². The van der Waals surface area contributed by atoms with Crippen LogP contribution in [0.5, 0.6) is 0 Å². The maximum Gasteiger partial charge on any atom is 0.393 e. The molecule has 2 rings (SSSR count). The second-order valence-electron chi connectivity index (χ2n) is 5.68. The maximum absolute atomic E-state index is 13.0. The van der Waals surface area contributed by atoms with Crippen molar-refractivity contribution in [3.05, 3.63) is 45.7 Å². The Kier molecular flexibility index (Phi) is 5.55. The minimum absolute atomic E-state index is 0.0438. The van der Waals surface area contributed by atoms with Crippen molar-refractivity contribution in [2.24, 2.45) is 0 Å². The number of nitrogens with zero attached hydrogens (tertiary/aromatic N) is 3. The van der Waals surface area contributed by atoms with Crippen LogP contribution in [0.15, 0.2) is 29.5 Å². The summed E-state index contributed by atoms with van der Waals surface area (Å²) in [6.07, 6.45) is -3.34. The fourth-order valence-corrected chi connectivity index (χ4v) is 2.76. The van der Waals surface area contributed by atoms with Gasteiger partial charge in [-0.15, -0.1) is 0 Å². The van der Waals surface area contributed by atoms with E-state index in [-0.39, 0.29) is 28.6 Å². The molecule has 0 aromatic carbocycles. The smallest absolute Gasteiger partial charge is 0.336 e. The number of hydrogen-bond donors (Lipinski definition) is 2. The van der Waals surface area contributed by atoms with Gasteiger partial charge in [0, 0.05) is 11.9 Å². The summed E-state index contributed by atoms with van der Waals surface area (Å²) in [4.78, 5) is 31.4. The van der Waals surface area contributed by atoms with Crippen LogP contribution in [0, 0.1) is 6.92 Å². The molecule has 0 saturated carbocycles. The highest BCUT2D eigenvalue weighted by atomic mass is 35.5. The molecule has 0 spiro atoms. The Morgan fingerprint density at radius 1 is 1.38 bits per heavy atom. The lowest BCUT2D eigenvalue weighted by Crippen LogP contribution is -2.52. The number of nitrogens with one attached hydrogen (secondary N) is 2. The molecule has 0 radical (unpaired) electrons. The van der Waals surface area contributed by atoms with Crippen molar-refractivity contribution in [1.29, 1.82) is 0 Å². The lowest BCUT2D eigenvalue weighted by Gasteiger charge is -2.34. The minimum atomic E-state index is -4.64. The van der Waals surface area contributed by atoms with Gasteiger partial charge in [0.1, 0.15) is 23.5 Å². The quantitative estimate of drug-likeness (QED) is 0.741. The average Bonchev–Trinajstić information content (AvgIpc) is 2.52. The summed E-state index contributed by atoms with van der Waals surface area (Å²) in [5, 5.41) is 4.82. The van der Waals surface area contributed by atoms with Crippen LogP contribution < -0.4 is 16.2 Å². The molecule has 0 aliphatic heterocycles. The number of carbonyl (C=O) groups is 1. The molecule has 140 valence electrons. The second-order valence-corrected chi connectivity index (χ2v) is 6.09. The summed E-state index contributed by atoms with van der Waals surface area (Å²) in [5.41, 5.74) is -2.88. The molecule has 0 bridgehead atoms. The summed E-state index contributed by atoms with van der Waals surface area (Å²) in [5.74, 6) is 0.254. The van der Waals surface area contributed by atoms with Crippen molar-refractivity contribution in [1.82, 2.24) is 19.9 Å². The zero-order valence-corrected chi connectivity index (χ0v) is 14.5. The maximum atomic E-state index is 13.0. The van der Waals surface area contributed by atoms with Crippen LogP contribution in [-0.4, -0.2) is 27.1 Å². The Morgan fingerprint density at radius 2 is 2.08 bits per heavy atom. The van der Waals surface area contributed by atoms with E-state index in [9.17, 15) is 22.8 Å². The fraction of sp³-hybridized carbons (Fsp3) is 0.333. The van der Waals surface area contributed by atoms with Gasteiger partial charge in [0.2, 0.25) is 6.41 Å². The molecule has 2 aromatic rings. The first-order valence-corrected chi connectivity index (χ1v) is 7.69. The summed E-state index contributed by atoms with van der Waals surface area (Å²) >= 11 is 6.10. The van der Waals surface area contributed by atoms with Gasteiger partial charge in [-0.25, -0.2) is 9.97 Å². The molecule has 0 aliphatic rings. The standard InChI is InChI=1S/C15H15ClF3N5O2/c1-9-10(16)5-11(23-12-3-4-20-7-21-12)13(26)24(9)14(2,22-8-25)6-15(17,18)19/h3-5,7-8H,6H2,1-2H3,(H,22,25)(H,20,21,23). The van der Waals surface area contributed by atoms with Gasteiger partial charge < -0.3 is 10.6 Å². The van der Waals surface area contributed by atoms with Gasteiger partial charge in [0.25, 0.3) is 5.56 Å². The highest BCUT2D eigenvalue weighted by molar-refractivity contribution is 6.31. The predicted molar refractivity (Wildman–Crippen MR) is 89.3 cm³/mol. The number of pyridine rings is 1. The summed E-state index contributed by atoms with van der Waals surface area (Å²) in [6, 6.07) is 2.75. The number of alkyl halides is 3. The van der Waals surface area contributed by atoms with Crippen molar-refractivity contribution >= 4 is 29.5 Å². The molecule has 7 nitrogen and oxygen atoms in total. The third kappa shape index (κ3) is 4.31. The molecule has 2 N–H and O–H groups in total. The van der Waals surface area contributed by atoms with Gasteiger partial charge in [0.15, 0.2) is 0 Å². The highest BCUT2D eigenvalue weighted by Gasteiger charge is 2.42. The predicted octanol–water partition coefficient (Wildman–Crippen LogP) is 2.71. The van der Waals surface area contributed by atoms with E-state index < -0.39 is 23.8 Å². The summed E-state index contributed by atoms with van der Waals surface area (Å²) in [6.45, 7) is 2.48. The van der Waals surface area contributed by atoms with Crippen LogP contribution in [0.2, 0.25) is 5.02 Å². The molecule has 0 saturated heterocycles. The number of amides is 1. The zero-order valence-electron chi connectivity index (χ0n) is 13.8. The van der Waals surface area contributed by atoms with Crippen LogP contribution in [-0.2, 0) is 10.5 Å². The molecule has 1 amide bonds. The molecule has 2 heterocycles. The monoisotopic (exact) mass is 389 g/mol. The molecule has 2 aromatic heterocycles. The van der Waals surface area contributed by atoms with Gasteiger partial charge in [0.05, 0.1) is 11.4 Å². The Balaban J connectivity index is 2.63. The van der Waals surface area contributed by atoms with Crippen LogP contribution >= 0.6 is 11.6 Å². The Bertz CT molecular complexity index is 857. The van der Waals surface area contributed by atoms with E-state index >= 15 is 0 Å². The van der Waals surface area contributed by atoms with E-state index in [1.54, 1.807) is 0 Å². The molecule has 11 heteroatoms. The van der Waals surface area contributed by atoms with Crippen molar-refractivity contribution in [2.75, 3.05) is 5.32 Å². The summed E-state index contributed by atoms with van der Waals surface area (Å²) < 4.78 is 39.9. The lowest BCUT2D eigenvalue weighted by atomic mass is 10.1. The molecule has 0 fully saturated rings. The van der Waals surface area contributed by atoms with E-state index in [1.807, 2.05) is 0 Å². The number of aromatic nitrogens is 3. The molecule has 0 aliphatic carbocycles. The topological polar surface area (TPSA) is 88.9 Å². The van der Waals surface area contributed by atoms with E-state index in [0.29, 0.717) is 0 Å². The number of rotatable bonds is 6. The first kappa shape index (κ1) is 19.7. The third-order valence-corrected chi connectivity index (χ3v) is 4.02. The van der Waals surface area contributed by atoms with Gasteiger partial charge in [-0.2, -0.15) is 13.2 Å². The van der Waals surface area contributed by atoms with Crippen molar-refractivity contribution in [3.63, 3.8) is 0 Å². The SMILES string of the molecule is Cc1c(Cl)cc(Nc2ccncn2)c(=O)n1C(C)(CC(F)(F)F)NC=O. The number of anilines is 2. The molecular formula is C15H15ClF3N5O2. The molecule has 1 unspecified atom stereocenters. The van der Waals surface area contributed by atoms with Crippen LogP contribution in [0.25, 0.3) is 0 Å². The average molecular weight is 390 g/mol. The van der Waals surface area contributed by atoms with E-state index in [2.05, 4.69) is 20.6 Å². The van der Waals surface area contributed by atoms with Crippen LogP contribution in [0.1, 0.15) is 19.0 Å². The van der Waals surface area contributed by atoms with E-state index in [0.717, 1.165) is 11.5 Å². The van der Waals surface area contributed by atoms with Crippen LogP contribution in [0.3, 0.4) is 0 Å². The number of halogens is 4. The van der Waals surface area contributed by atoms with Crippen molar-refractivity contribution in [3.8, 4) is 0 Å². The Labute approximate surface area is 151 Å². The van der Waals surface area contributed by atoms with Crippen molar-refractivity contribution in [2.45, 2.75) is 32.1 Å². The van der Waals surface area contributed by atoms with Gasteiger partial charge >= 0.3 is 6.18 Å². The number of carbonyl (C=O) groups excluding carboxylic acids is 1. The van der Waals surface area contributed by atoms with E-state index in [4.69, 9.17) is 11.6 Å². The second kappa shape index (κ2) is 7.32. The molecule has 1 atom stereocenters. The number of hydrogen-bond acceptors (Lipinski definition) is 5. The highest BCUT2D eigenvalue weighted by Crippen LogP contribution is 2.32. The van der Waals surface area contributed by atoms with Gasteiger partial charge in [-0.3, -0.25) is 14.2 Å². The summed E-state index contributed by atoms with van der Waals surface area (Å²) in [7, 11) is 0. The zero-order chi connectivity index (χ0) is 19.5. The van der Waals surface area contributed by atoms with Gasteiger partial charge in [-0.1, -0.05) is 11.6 Å². The fourth-order valence-electron chi connectivity index (χ4n) is 2.57. The lowest BCUT2D eigenvalue weighted by molar-refractivity contribution is -0.159. The minimum Gasteiger partial charge on any atom is -0.336 e.